The van der Waals surface area contributed by atoms with Crippen molar-refractivity contribution in [3.63, 3.8) is 0 Å². The third-order valence-electron chi connectivity index (χ3n) is 1.86. The van der Waals surface area contributed by atoms with Gasteiger partial charge in [0.1, 0.15) is 30.5 Å². The molecule has 0 amide bonds. The molecule has 0 unspecified atom stereocenters. The molecule has 0 saturated carbocycles. The molecule has 5 atom stereocenters. The average molecular weight is 212 g/mol. The maximum absolute atomic E-state index is 9.15. The lowest BCUT2D eigenvalue weighted by Crippen LogP contribution is -2.50. The Bertz CT molecular complexity index is 137. The van der Waals surface area contributed by atoms with E-state index in [9.17, 15) is 0 Å². The molecule has 0 heterocycles. The summed E-state index contributed by atoms with van der Waals surface area (Å²) in [5.74, 6) is 0. The average Bonchev–Trinajstić information content (AvgIpc) is 2.23. The summed E-state index contributed by atoms with van der Waals surface area (Å²) in [5, 5.41) is 61.9. The van der Waals surface area contributed by atoms with Crippen LogP contribution in [0.1, 0.15) is 0 Å². The Labute approximate surface area is 80.5 Å². The lowest BCUT2D eigenvalue weighted by Gasteiger charge is -2.27. The van der Waals surface area contributed by atoms with Gasteiger partial charge >= 0.3 is 0 Å². The molecule has 14 heavy (non-hydrogen) atoms. The Morgan fingerprint density at radius 1 is 0.571 bits per heavy atom. The smallest absolute Gasteiger partial charge is 0.111 e. The first-order valence-corrected chi connectivity index (χ1v) is 4.07. The maximum Gasteiger partial charge on any atom is 0.111 e. The molecule has 0 aromatic heterocycles. The van der Waals surface area contributed by atoms with E-state index in [0.717, 1.165) is 0 Å². The molecule has 0 aliphatic rings. The zero-order valence-electron chi connectivity index (χ0n) is 7.43. The topological polar surface area (TPSA) is 142 Å². The van der Waals surface area contributed by atoms with E-state index in [2.05, 4.69) is 0 Å². The molecule has 0 fully saturated rings. The van der Waals surface area contributed by atoms with Gasteiger partial charge in [-0.2, -0.15) is 0 Å². The fraction of sp³-hybridized carbons (Fsp3) is 1.00. The quantitative estimate of drug-likeness (QED) is 0.236. The molecular weight excluding hydrogens is 196 g/mol. The summed E-state index contributed by atoms with van der Waals surface area (Å²) in [5.41, 5.74) is 0. The van der Waals surface area contributed by atoms with Crippen molar-refractivity contribution in [2.24, 2.45) is 0 Å². The molecule has 0 aromatic rings. The van der Waals surface area contributed by atoms with Gasteiger partial charge < -0.3 is 35.7 Å². The van der Waals surface area contributed by atoms with E-state index in [-0.39, 0.29) is 0 Å². The standard InChI is InChI=1S/C7H16O7/c8-1-3(10)5(12)7(14)6(13)4(11)2-9/h3-14H,1-2H2/t3-,4+,5-,6-,7-/m0/s1. The van der Waals surface area contributed by atoms with Gasteiger partial charge in [0.15, 0.2) is 0 Å². The largest absolute Gasteiger partial charge is 0.394 e. The minimum atomic E-state index is -1.85. The normalized spacial score (nSPS) is 22.5. The summed E-state index contributed by atoms with van der Waals surface area (Å²) in [4.78, 5) is 0. The van der Waals surface area contributed by atoms with Crippen molar-refractivity contribution in [2.75, 3.05) is 13.2 Å². The molecule has 0 aliphatic heterocycles. The van der Waals surface area contributed by atoms with Crippen molar-refractivity contribution in [1.82, 2.24) is 0 Å². The Balaban J connectivity index is 4.22. The van der Waals surface area contributed by atoms with E-state index in [0.29, 0.717) is 0 Å². The van der Waals surface area contributed by atoms with Crippen LogP contribution in [0.15, 0.2) is 0 Å². The first kappa shape index (κ1) is 13.7. The van der Waals surface area contributed by atoms with Crippen LogP contribution in [0, 0.1) is 0 Å². The van der Waals surface area contributed by atoms with Crippen LogP contribution in [0.2, 0.25) is 0 Å². The van der Waals surface area contributed by atoms with Crippen molar-refractivity contribution < 1.29 is 35.7 Å². The summed E-state index contributed by atoms with van der Waals surface area (Å²) >= 11 is 0. The predicted molar refractivity (Wildman–Crippen MR) is 44.2 cm³/mol. The van der Waals surface area contributed by atoms with Gasteiger partial charge in [0, 0.05) is 0 Å². The number of hydrogen-bond donors (Lipinski definition) is 7. The summed E-state index contributed by atoms with van der Waals surface area (Å²) in [6, 6.07) is 0. The van der Waals surface area contributed by atoms with Gasteiger partial charge in [-0.05, 0) is 0 Å². The second-order valence-electron chi connectivity index (χ2n) is 2.97. The Morgan fingerprint density at radius 3 is 1.07 bits per heavy atom. The van der Waals surface area contributed by atoms with Gasteiger partial charge in [-0.15, -0.1) is 0 Å². The SMILES string of the molecule is OC[C@@H](O)[C@H](O)[C@@H](O)[C@@H](O)[C@@H](O)CO. The van der Waals surface area contributed by atoms with Gasteiger partial charge in [0.2, 0.25) is 0 Å². The van der Waals surface area contributed by atoms with Crippen LogP contribution in [0.25, 0.3) is 0 Å². The highest BCUT2D eigenvalue weighted by atomic mass is 16.4. The lowest BCUT2D eigenvalue weighted by molar-refractivity contribution is -0.145. The van der Waals surface area contributed by atoms with Gasteiger partial charge in [0.05, 0.1) is 13.2 Å². The van der Waals surface area contributed by atoms with Crippen molar-refractivity contribution >= 4 is 0 Å². The van der Waals surface area contributed by atoms with E-state index >= 15 is 0 Å². The van der Waals surface area contributed by atoms with Gasteiger partial charge in [-0.25, -0.2) is 0 Å². The van der Waals surface area contributed by atoms with Crippen molar-refractivity contribution in [1.29, 1.82) is 0 Å². The van der Waals surface area contributed by atoms with E-state index in [1.165, 1.54) is 0 Å². The first-order valence-electron chi connectivity index (χ1n) is 4.07. The summed E-state index contributed by atoms with van der Waals surface area (Å²) in [6.07, 6.45) is -8.68. The lowest BCUT2D eigenvalue weighted by atomic mass is 10.00. The predicted octanol–water partition coefficient (Wildman–Crippen LogP) is -4.22. The Kier molecular flexibility index (Phi) is 6.12. The number of rotatable bonds is 6. The Hall–Kier alpha value is -0.280. The van der Waals surface area contributed by atoms with Crippen molar-refractivity contribution in [2.45, 2.75) is 30.5 Å². The monoisotopic (exact) mass is 212 g/mol. The van der Waals surface area contributed by atoms with Crippen molar-refractivity contribution in [3.8, 4) is 0 Å². The summed E-state index contributed by atoms with van der Waals surface area (Å²) in [6.45, 7) is -1.58. The minimum Gasteiger partial charge on any atom is -0.394 e. The molecule has 7 heteroatoms. The zero-order chi connectivity index (χ0) is 11.3. The van der Waals surface area contributed by atoms with Crippen LogP contribution in [0.5, 0.6) is 0 Å². The summed E-state index contributed by atoms with van der Waals surface area (Å²) in [7, 11) is 0. The Morgan fingerprint density at radius 2 is 0.857 bits per heavy atom. The highest BCUT2D eigenvalue weighted by molar-refractivity contribution is 4.84. The van der Waals surface area contributed by atoms with Crippen molar-refractivity contribution in [3.05, 3.63) is 0 Å². The molecule has 0 bridgehead atoms. The van der Waals surface area contributed by atoms with Crippen LogP contribution in [0.4, 0.5) is 0 Å². The molecule has 86 valence electrons. The molecule has 0 aromatic carbocycles. The fourth-order valence-electron chi connectivity index (χ4n) is 0.873. The highest BCUT2D eigenvalue weighted by Crippen LogP contribution is 2.07. The molecule has 7 N–H and O–H groups in total. The number of aliphatic hydroxyl groups excluding tert-OH is 7. The first-order chi connectivity index (χ1) is 6.45. The fourth-order valence-corrected chi connectivity index (χ4v) is 0.873. The number of aliphatic hydroxyl groups is 7. The van der Waals surface area contributed by atoms with E-state index in [1.54, 1.807) is 0 Å². The van der Waals surface area contributed by atoms with Crippen LogP contribution in [-0.4, -0.2) is 79.5 Å². The maximum atomic E-state index is 9.15. The van der Waals surface area contributed by atoms with E-state index in [4.69, 9.17) is 35.7 Å². The highest BCUT2D eigenvalue weighted by Gasteiger charge is 2.33. The minimum absolute atomic E-state index is 0.792. The van der Waals surface area contributed by atoms with Gasteiger partial charge in [-0.1, -0.05) is 0 Å². The third kappa shape index (κ3) is 3.46. The van der Waals surface area contributed by atoms with Crippen LogP contribution in [0.3, 0.4) is 0 Å². The van der Waals surface area contributed by atoms with Crippen LogP contribution >= 0.6 is 0 Å². The second kappa shape index (κ2) is 6.25. The molecule has 0 rings (SSSR count). The molecule has 7 nitrogen and oxygen atoms in total. The molecule has 0 spiro atoms. The second-order valence-corrected chi connectivity index (χ2v) is 2.97. The summed E-state index contributed by atoms with van der Waals surface area (Å²) < 4.78 is 0. The van der Waals surface area contributed by atoms with Crippen LogP contribution < -0.4 is 0 Å². The van der Waals surface area contributed by atoms with Crippen LogP contribution in [-0.2, 0) is 0 Å². The van der Waals surface area contributed by atoms with Gasteiger partial charge in [-0.3, -0.25) is 0 Å². The molecular formula is C7H16O7. The molecule has 0 saturated heterocycles. The van der Waals surface area contributed by atoms with E-state index in [1.807, 2.05) is 0 Å². The van der Waals surface area contributed by atoms with E-state index < -0.39 is 43.7 Å². The zero-order valence-corrected chi connectivity index (χ0v) is 7.43. The molecule has 0 radical (unpaired) electrons. The third-order valence-corrected chi connectivity index (χ3v) is 1.86. The number of hydrogen-bond acceptors (Lipinski definition) is 7. The van der Waals surface area contributed by atoms with Gasteiger partial charge in [0.25, 0.3) is 0 Å². The molecule has 0 aliphatic carbocycles.